The fourth-order valence-corrected chi connectivity index (χ4v) is 2.47. The molecule has 0 aliphatic rings. The smallest absolute Gasteiger partial charge is 0.0338 e. The van der Waals surface area contributed by atoms with Gasteiger partial charge in [0.15, 0.2) is 0 Å². The molecule has 1 unspecified atom stereocenters. The van der Waals surface area contributed by atoms with Crippen LogP contribution in [-0.4, -0.2) is 11.5 Å². The van der Waals surface area contributed by atoms with Gasteiger partial charge in [0.05, 0.1) is 0 Å². The third-order valence-electron chi connectivity index (χ3n) is 3.53. The van der Waals surface area contributed by atoms with Gasteiger partial charge in [0.1, 0.15) is 0 Å². The van der Waals surface area contributed by atoms with E-state index in [0.717, 1.165) is 25.8 Å². The molecule has 1 aromatic carbocycles. The van der Waals surface area contributed by atoms with E-state index in [4.69, 9.17) is 0 Å². The van der Waals surface area contributed by atoms with E-state index in [2.05, 4.69) is 54.5 Å². The van der Waals surface area contributed by atoms with Gasteiger partial charge in [0.25, 0.3) is 0 Å². The first-order chi connectivity index (χ1) is 9.79. The molecule has 2 rings (SSSR count). The van der Waals surface area contributed by atoms with Gasteiger partial charge in [-0.1, -0.05) is 42.8 Å². The van der Waals surface area contributed by atoms with Crippen molar-refractivity contribution >= 4 is 0 Å². The lowest BCUT2D eigenvalue weighted by Gasteiger charge is -2.18. The van der Waals surface area contributed by atoms with E-state index in [9.17, 15) is 0 Å². The lowest BCUT2D eigenvalue weighted by Crippen LogP contribution is -2.22. The summed E-state index contributed by atoms with van der Waals surface area (Å²) >= 11 is 0. The Kier molecular flexibility index (Phi) is 5.75. The Balaban J connectivity index is 2.01. The van der Waals surface area contributed by atoms with Crippen LogP contribution in [0.1, 0.15) is 42.5 Å². The highest BCUT2D eigenvalue weighted by molar-refractivity contribution is 5.23. The molecule has 0 spiro atoms. The van der Waals surface area contributed by atoms with Gasteiger partial charge in [-0.15, -0.1) is 0 Å². The van der Waals surface area contributed by atoms with Gasteiger partial charge in [-0.05, 0) is 49.9 Å². The molecule has 1 aromatic heterocycles. The third kappa shape index (κ3) is 4.46. The molecule has 0 bridgehead atoms. The van der Waals surface area contributed by atoms with Gasteiger partial charge in [-0.3, -0.25) is 4.98 Å². The molecular weight excluding hydrogens is 244 g/mol. The molecule has 1 heterocycles. The standard InChI is InChI=1S/C18H24N2/c1-3-11-20-18(17-8-5-12-19-14-17)10-9-16-7-4-6-15(2)13-16/h4-8,12-14,18,20H,3,9-11H2,1-2H3. The van der Waals surface area contributed by atoms with Crippen LogP contribution < -0.4 is 5.32 Å². The normalized spacial score (nSPS) is 12.3. The number of benzene rings is 1. The average Bonchev–Trinajstić information content (AvgIpc) is 2.48. The molecule has 2 aromatic rings. The van der Waals surface area contributed by atoms with E-state index in [1.54, 1.807) is 0 Å². The predicted molar refractivity (Wildman–Crippen MR) is 84.8 cm³/mol. The largest absolute Gasteiger partial charge is 0.310 e. The Hall–Kier alpha value is -1.67. The van der Waals surface area contributed by atoms with Gasteiger partial charge in [-0.2, -0.15) is 0 Å². The molecule has 1 N–H and O–H groups in total. The minimum Gasteiger partial charge on any atom is -0.310 e. The quantitative estimate of drug-likeness (QED) is 0.819. The fraction of sp³-hybridized carbons (Fsp3) is 0.389. The summed E-state index contributed by atoms with van der Waals surface area (Å²) in [6.45, 7) is 5.40. The molecule has 20 heavy (non-hydrogen) atoms. The summed E-state index contributed by atoms with van der Waals surface area (Å²) in [5.41, 5.74) is 4.03. The van der Waals surface area contributed by atoms with E-state index in [-0.39, 0.29) is 0 Å². The predicted octanol–water partition coefficient (Wildman–Crippen LogP) is 4.06. The number of aryl methyl sites for hydroxylation is 2. The Morgan fingerprint density at radius 2 is 2.10 bits per heavy atom. The zero-order valence-corrected chi connectivity index (χ0v) is 12.5. The highest BCUT2D eigenvalue weighted by atomic mass is 14.9. The van der Waals surface area contributed by atoms with Crippen LogP contribution in [0.15, 0.2) is 48.8 Å². The van der Waals surface area contributed by atoms with Crippen LogP contribution in [-0.2, 0) is 6.42 Å². The number of aromatic nitrogens is 1. The highest BCUT2D eigenvalue weighted by Crippen LogP contribution is 2.19. The molecular formula is C18H24N2. The maximum Gasteiger partial charge on any atom is 0.0338 e. The van der Waals surface area contributed by atoms with Gasteiger partial charge < -0.3 is 5.32 Å². The zero-order valence-electron chi connectivity index (χ0n) is 12.5. The topological polar surface area (TPSA) is 24.9 Å². The molecule has 1 atom stereocenters. The Morgan fingerprint density at radius 1 is 1.20 bits per heavy atom. The SMILES string of the molecule is CCCNC(CCc1cccc(C)c1)c1cccnc1. The number of nitrogens with one attached hydrogen (secondary N) is 1. The highest BCUT2D eigenvalue weighted by Gasteiger charge is 2.10. The van der Waals surface area contributed by atoms with Crippen LogP contribution in [0.3, 0.4) is 0 Å². The van der Waals surface area contributed by atoms with Crippen molar-refractivity contribution in [2.24, 2.45) is 0 Å². The number of pyridine rings is 1. The van der Waals surface area contributed by atoms with Crippen molar-refractivity contribution in [3.8, 4) is 0 Å². The molecule has 2 nitrogen and oxygen atoms in total. The molecule has 0 aliphatic heterocycles. The second-order valence-electron chi connectivity index (χ2n) is 5.32. The summed E-state index contributed by atoms with van der Waals surface area (Å²) in [6.07, 6.45) is 7.17. The molecule has 0 saturated carbocycles. The molecule has 2 heteroatoms. The molecule has 106 valence electrons. The Morgan fingerprint density at radius 3 is 2.80 bits per heavy atom. The lowest BCUT2D eigenvalue weighted by atomic mass is 9.99. The van der Waals surface area contributed by atoms with Crippen molar-refractivity contribution in [1.29, 1.82) is 0 Å². The van der Waals surface area contributed by atoms with Crippen molar-refractivity contribution in [3.63, 3.8) is 0 Å². The summed E-state index contributed by atoms with van der Waals surface area (Å²) in [6, 6.07) is 13.4. The van der Waals surface area contributed by atoms with Crippen LogP contribution in [0.2, 0.25) is 0 Å². The minimum absolute atomic E-state index is 0.393. The summed E-state index contributed by atoms with van der Waals surface area (Å²) < 4.78 is 0. The number of hydrogen-bond acceptors (Lipinski definition) is 2. The van der Waals surface area contributed by atoms with Gasteiger partial charge in [0.2, 0.25) is 0 Å². The van der Waals surface area contributed by atoms with Crippen molar-refractivity contribution in [2.75, 3.05) is 6.54 Å². The maximum absolute atomic E-state index is 4.24. The van der Waals surface area contributed by atoms with E-state index in [1.165, 1.54) is 16.7 Å². The molecule has 0 amide bonds. The number of hydrogen-bond donors (Lipinski definition) is 1. The summed E-state index contributed by atoms with van der Waals surface area (Å²) in [5, 5.41) is 3.63. The second-order valence-corrected chi connectivity index (χ2v) is 5.32. The van der Waals surface area contributed by atoms with Crippen molar-refractivity contribution in [3.05, 3.63) is 65.5 Å². The van der Waals surface area contributed by atoms with E-state index < -0.39 is 0 Å². The lowest BCUT2D eigenvalue weighted by molar-refractivity contribution is 0.498. The van der Waals surface area contributed by atoms with E-state index in [1.807, 2.05) is 18.5 Å². The van der Waals surface area contributed by atoms with Crippen LogP contribution in [0.4, 0.5) is 0 Å². The molecule has 0 radical (unpaired) electrons. The number of rotatable bonds is 7. The minimum atomic E-state index is 0.393. The van der Waals surface area contributed by atoms with Crippen LogP contribution in [0.5, 0.6) is 0 Å². The second kappa shape index (κ2) is 7.81. The molecule has 0 fully saturated rings. The summed E-state index contributed by atoms with van der Waals surface area (Å²) in [5.74, 6) is 0. The van der Waals surface area contributed by atoms with Crippen molar-refractivity contribution < 1.29 is 0 Å². The van der Waals surface area contributed by atoms with E-state index >= 15 is 0 Å². The van der Waals surface area contributed by atoms with Gasteiger partial charge >= 0.3 is 0 Å². The Bertz CT molecular complexity index is 508. The van der Waals surface area contributed by atoms with E-state index in [0.29, 0.717) is 6.04 Å². The summed E-state index contributed by atoms with van der Waals surface area (Å²) in [4.78, 5) is 4.24. The van der Waals surface area contributed by atoms with Crippen LogP contribution in [0, 0.1) is 6.92 Å². The van der Waals surface area contributed by atoms with Gasteiger partial charge in [-0.25, -0.2) is 0 Å². The first kappa shape index (κ1) is 14.7. The van der Waals surface area contributed by atoms with Gasteiger partial charge in [0, 0.05) is 18.4 Å². The molecule has 0 saturated heterocycles. The maximum atomic E-state index is 4.24. The first-order valence-corrected chi connectivity index (χ1v) is 7.48. The van der Waals surface area contributed by atoms with Crippen molar-refractivity contribution in [1.82, 2.24) is 10.3 Å². The Labute approximate surface area is 122 Å². The molecule has 0 aliphatic carbocycles. The number of nitrogens with zero attached hydrogens (tertiary/aromatic N) is 1. The zero-order chi connectivity index (χ0) is 14.2. The van der Waals surface area contributed by atoms with Crippen LogP contribution in [0.25, 0.3) is 0 Å². The third-order valence-corrected chi connectivity index (χ3v) is 3.53. The van der Waals surface area contributed by atoms with Crippen molar-refractivity contribution in [2.45, 2.75) is 39.2 Å². The van der Waals surface area contributed by atoms with Crippen LogP contribution >= 0.6 is 0 Å². The monoisotopic (exact) mass is 268 g/mol. The fourth-order valence-electron chi connectivity index (χ4n) is 2.47. The summed E-state index contributed by atoms with van der Waals surface area (Å²) in [7, 11) is 0. The average molecular weight is 268 g/mol. The first-order valence-electron chi connectivity index (χ1n) is 7.48.